The first-order valence-corrected chi connectivity index (χ1v) is 14.5. The number of nitrogens with one attached hydrogen (secondary N) is 2. The largest absolute Gasteiger partial charge is 0.496 e. The predicted octanol–water partition coefficient (Wildman–Crippen LogP) is 9.03. The first-order chi connectivity index (χ1) is 18.4. The average Bonchev–Trinajstić information content (AvgIpc) is 3.55. The number of halogens is 3. The van der Waals surface area contributed by atoms with E-state index in [1.807, 2.05) is 6.07 Å². The maximum Gasteiger partial charge on any atom is 0.273 e. The van der Waals surface area contributed by atoms with E-state index in [1.54, 1.807) is 38.5 Å². The third-order valence-electron chi connectivity index (χ3n) is 7.09. The van der Waals surface area contributed by atoms with Crippen molar-refractivity contribution < 1.29 is 14.3 Å². The van der Waals surface area contributed by atoms with E-state index in [2.05, 4.69) is 10.3 Å². The van der Waals surface area contributed by atoms with Crippen LogP contribution in [-0.2, 0) is 6.42 Å². The fourth-order valence-electron chi connectivity index (χ4n) is 5.07. The number of anilines is 1. The standard InChI is InChI=1S/C28H28Cl3N3O3S/c1-36-22-14-19(30)23(37-2)13-17(22)26-24(11-8-15-6-4-3-5-7-15)38-28(33-26)34-27(35)21-12-16-20(32-21)10-9-18(29)25(16)31/h9-10,12-15,32H,3-8,11H2,1-2H3,(H,33,34,35). The van der Waals surface area contributed by atoms with Crippen LogP contribution in [0.15, 0.2) is 30.3 Å². The zero-order valence-corrected chi connectivity index (χ0v) is 24.2. The molecule has 1 aliphatic carbocycles. The van der Waals surface area contributed by atoms with Gasteiger partial charge in [-0.25, -0.2) is 4.98 Å². The van der Waals surface area contributed by atoms with E-state index in [9.17, 15) is 4.79 Å². The summed E-state index contributed by atoms with van der Waals surface area (Å²) in [4.78, 5) is 22.3. The van der Waals surface area contributed by atoms with E-state index in [-0.39, 0.29) is 5.91 Å². The molecule has 6 nitrogen and oxygen atoms in total. The van der Waals surface area contributed by atoms with Crippen LogP contribution in [-0.4, -0.2) is 30.1 Å². The lowest BCUT2D eigenvalue weighted by Crippen LogP contribution is -2.11. The topological polar surface area (TPSA) is 76.2 Å². The lowest BCUT2D eigenvalue weighted by molar-refractivity contribution is 0.102. The number of nitrogens with zero attached hydrogens (tertiary/aromatic N) is 1. The van der Waals surface area contributed by atoms with Crippen LogP contribution >= 0.6 is 46.1 Å². The molecule has 1 amide bonds. The number of hydrogen-bond donors (Lipinski definition) is 2. The minimum atomic E-state index is -0.312. The van der Waals surface area contributed by atoms with Crippen molar-refractivity contribution in [1.29, 1.82) is 0 Å². The van der Waals surface area contributed by atoms with Crippen LogP contribution in [0.5, 0.6) is 11.5 Å². The number of ether oxygens (including phenoxy) is 2. The van der Waals surface area contributed by atoms with Gasteiger partial charge >= 0.3 is 0 Å². The molecule has 10 heteroatoms. The fourth-order valence-corrected chi connectivity index (χ4v) is 6.67. The maximum absolute atomic E-state index is 13.2. The summed E-state index contributed by atoms with van der Waals surface area (Å²) in [5.41, 5.74) is 2.64. The quantitative estimate of drug-likeness (QED) is 0.214. The fraction of sp³-hybridized carbons (Fsp3) is 0.357. The van der Waals surface area contributed by atoms with Crippen molar-refractivity contribution in [2.45, 2.75) is 44.9 Å². The minimum absolute atomic E-state index is 0.312. The molecule has 2 N–H and O–H groups in total. The van der Waals surface area contributed by atoms with Gasteiger partial charge in [0.1, 0.15) is 17.2 Å². The van der Waals surface area contributed by atoms with Gasteiger partial charge in [0, 0.05) is 27.4 Å². The molecule has 0 radical (unpaired) electrons. The SMILES string of the molecule is COc1cc(-c2nc(NC(=O)c3cc4c(Cl)c(Cl)ccc4[nH]3)sc2CCC2CCCCC2)c(OC)cc1Cl. The summed E-state index contributed by atoms with van der Waals surface area (Å²) >= 11 is 20.3. The molecule has 1 fully saturated rings. The molecule has 0 bridgehead atoms. The molecule has 200 valence electrons. The van der Waals surface area contributed by atoms with Crippen LogP contribution in [0.25, 0.3) is 22.2 Å². The number of H-pyrrole nitrogens is 1. The van der Waals surface area contributed by atoms with Gasteiger partial charge in [-0.05, 0) is 43.0 Å². The molecule has 38 heavy (non-hydrogen) atoms. The van der Waals surface area contributed by atoms with Crippen LogP contribution in [0.1, 0.15) is 53.9 Å². The number of thiazole rings is 1. The molecule has 0 atom stereocenters. The third kappa shape index (κ3) is 5.62. The second-order valence-corrected chi connectivity index (χ2v) is 11.8. The zero-order valence-electron chi connectivity index (χ0n) is 21.1. The van der Waals surface area contributed by atoms with Crippen LogP contribution in [0.2, 0.25) is 15.1 Å². The van der Waals surface area contributed by atoms with Crippen molar-refractivity contribution in [2.75, 3.05) is 19.5 Å². The number of aryl methyl sites for hydroxylation is 1. The van der Waals surface area contributed by atoms with Crippen LogP contribution < -0.4 is 14.8 Å². The molecule has 5 rings (SSSR count). The van der Waals surface area contributed by atoms with Gasteiger partial charge in [0.05, 0.1) is 35.0 Å². The lowest BCUT2D eigenvalue weighted by atomic mass is 9.86. The summed E-state index contributed by atoms with van der Waals surface area (Å²) in [7, 11) is 3.18. The van der Waals surface area contributed by atoms with E-state index in [1.165, 1.54) is 43.4 Å². The van der Waals surface area contributed by atoms with Gasteiger partial charge < -0.3 is 14.5 Å². The van der Waals surface area contributed by atoms with Crippen molar-refractivity contribution in [1.82, 2.24) is 9.97 Å². The van der Waals surface area contributed by atoms with Crippen LogP contribution in [0.4, 0.5) is 5.13 Å². The number of hydrogen-bond acceptors (Lipinski definition) is 5. The first-order valence-electron chi connectivity index (χ1n) is 12.6. The van der Waals surface area contributed by atoms with Crippen molar-refractivity contribution in [3.8, 4) is 22.8 Å². The Hall–Kier alpha value is -2.45. The number of aromatic nitrogens is 2. The highest BCUT2D eigenvalue weighted by atomic mass is 35.5. The second-order valence-electron chi connectivity index (χ2n) is 9.48. The van der Waals surface area contributed by atoms with Gasteiger partial charge in [-0.2, -0.15) is 0 Å². The molecule has 0 saturated heterocycles. The van der Waals surface area contributed by atoms with Crippen molar-refractivity contribution in [2.24, 2.45) is 5.92 Å². The summed E-state index contributed by atoms with van der Waals surface area (Å²) < 4.78 is 11.1. The van der Waals surface area contributed by atoms with E-state index < -0.39 is 0 Å². The normalized spacial score (nSPS) is 14.1. The molecule has 1 saturated carbocycles. The smallest absolute Gasteiger partial charge is 0.273 e. The highest BCUT2D eigenvalue weighted by molar-refractivity contribution is 7.16. The summed E-state index contributed by atoms with van der Waals surface area (Å²) in [6.45, 7) is 0. The molecule has 2 heterocycles. The summed E-state index contributed by atoms with van der Waals surface area (Å²) in [5.74, 6) is 1.53. The summed E-state index contributed by atoms with van der Waals surface area (Å²) in [6.07, 6.45) is 8.39. The lowest BCUT2D eigenvalue weighted by Gasteiger charge is -2.21. The van der Waals surface area contributed by atoms with Crippen molar-refractivity contribution in [3.63, 3.8) is 0 Å². The molecule has 2 aromatic carbocycles. The first kappa shape index (κ1) is 27.1. The third-order valence-corrected chi connectivity index (χ3v) is 9.23. The van der Waals surface area contributed by atoms with E-state index in [0.29, 0.717) is 48.7 Å². The number of benzene rings is 2. The van der Waals surface area contributed by atoms with Crippen molar-refractivity contribution in [3.05, 3.63) is 56.0 Å². The number of amides is 1. The number of aromatic amines is 1. The van der Waals surface area contributed by atoms with E-state index >= 15 is 0 Å². The Kier molecular flexibility index (Phi) is 8.38. The van der Waals surface area contributed by atoms with Gasteiger partial charge in [0.2, 0.25) is 0 Å². The molecule has 0 aliphatic heterocycles. The van der Waals surface area contributed by atoms with Gasteiger partial charge in [-0.1, -0.05) is 66.9 Å². The zero-order chi connectivity index (χ0) is 26.8. The summed E-state index contributed by atoms with van der Waals surface area (Å²) in [6, 6.07) is 8.77. The number of carbonyl (C=O) groups excluding carboxylic acids is 1. The number of carbonyl (C=O) groups is 1. The highest BCUT2D eigenvalue weighted by Crippen LogP contribution is 2.43. The van der Waals surface area contributed by atoms with Gasteiger partial charge in [-0.15, -0.1) is 11.3 Å². The monoisotopic (exact) mass is 591 g/mol. The Morgan fingerprint density at radius 2 is 1.82 bits per heavy atom. The summed E-state index contributed by atoms with van der Waals surface area (Å²) in [5, 5.41) is 5.45. The minimum Gasteiger partial charge on any atom is -0.496 e. The average molecular weight is 593 g/mol. The maximum atomic E-state index is 13.2. The predicted molar refractivity (Wildman–Crippen MR) is 157 cm³/mol. The van der Waals surface area contributed by atoms with Crippen LogP contribution in [0.3, 0.4) is 0 Å². The molecular weight excluding hydrogens is 565 g/mol. The highest BCUT2D eigenvalue weighted by Gasteiger charge is 2.23. The molecule has 0 spiro atoms. The number of methoxy groups -OCH3 is 2. The molecule has 1 aliphatic rings. The Labute approximate surface area is 240 Å². The van der Waals surface area contributed by atoms with Gasteiger partial charge in [0.25, 0.3) is 5.91 Å². The Morgan fingerprint density at radius 3 is 2.55 bits per heavy atom. The second kappa shape index (κ2) is 11.7. The molecule has 2 aromatic heterocycles. The van der Waals surface area contributed by atoms with Gasteiger partial charge in [-0.3, -0.25) is 10.1 Å². The molecular formula is C28H28Cl3N3O3S. The Morgan fingerprint density at radius 1 is 1.05 bits per heavy atom. The van der Waals surface area contributed by atoms with E-state index in [4.69, 9.17) is 49.3 Å². The number of fused-ring (bicyclic) bond motifs is 1. The molecule has 4 aromatic rings. The van der Waals surface area contributed by atoms with Crippen molar-refractivity contribution >= 4 is 68.1 Å². The van der Waals surface area contributed by atoms with E-state index in [0.717, 1.165) is 34.5 Å². The Balaban J connectivity index is 1.48. The molecule has 0 unspecified atom stereocenters. The van der Waals surface area contributed by atoms with Crippen LogP contribution in [0, 0.1) is 5.92 Å². The Bertz CT molecular complexity index is 1480. The van der Waals surface area contributed by atoms with Gasteiger partial charge in [0.15, 0.2) is 5.13 Å². The number of rotatable bonds is 8.